The van der Waals surface area contributed by atoms with Gasteiger partial charge in [0.2, 0.25) is 0 Å². The molecule has 26 heavy (non-hydrogen) atoms. The second-order valence-electron chi connectivity index (χ2n) is 6.10. The van der Waals surface area contributed by atoms with Crippen molar-refractivity contribution < 1.29 is 9.18 Å². The average molecular weight is 348 g/mol. The summed E-state index contributed by atoms with van der Waals surface area (Å²) in [5.41, 5.74) is 10.6. The molecule has 1 amide bonds. The zero-order valence-electron chi connectivity index (χ0n) is 13.9. The van der Waals surface area contributed by atoms with Gasteiger partial charge in [-0.15, -0.1) is 0 Å². The third kappa shape index (κ3) is 3.27. The van der Waals surface area contributed by atoms with Gasteiger partial charge in [-0.05, 0) is 47.5 Å². The highest BCUT2D eigenvalue weighted by Gasteiger charge is 2.24. The molecule has 3 N–H and O–H groups in total. The Labute approximate surface area is 150 Å². The first-order chi connectivity index (χ1) is 12.7. The topological polar surface area (TPSA) is 66.0 Å². The molecule has 1 aliphatic heterocycles. The summed E-state index contributed by atoms with van der Waals surface area (Å²) in [7, 11) is 0. The molecule has 1 unspecified atom stereocenters. The van der Waals surface area contributed by atoms with E-state index in [-0.39, 0.29) is 17.8 Å². The molecule has 6 heteroatoms. The maximum absolute atomic E-state index is 13.2. The van der Waals surface area contributed by atoms with Crippen LogP contribution in [0.1, 0.15) is 33.1 Å². The van der Waals surface area contributed by atoms with Crippen molar-refractivity contribution in [2.45, 2.75) is 12.6 Å². The Morgan fingerprint density at radius 2 is 2.00 bits per heavy atom. The molecule has 0 spiro atoms. The van der Waals surface area contributed by atoms with Gasteiger partial charge < -0.3 is 10.7 Å². The van der Waals surface area contributed by atoms with Crippen LogP contribution in [0, 0.1) is 5.82 Å². The number of hydrazine groups is 1. The number of amides is 1. The number of anilines is 1. The van der Waals surface area contributed by atoms with Gasteiger partial charge in [0.25, 0.3) is 5.91 Å². The fourth-order valence-electron chi connectivity index (χ4n) is 2.99. The molecule has 1 aliphatic rings. The van der Waals surface area contributed by atoms with Crippen molar-refractivity contribution in [1.82, 2.24) is 15.7 Å². The summed E-state index contributed by atoms with van der Waals surface area (Å²) in [5.74, 6) is -0.426. The lowest BCUT2D eigenvalue weighted by Gasteiger charge is -2.12. The average Bonchev–Trinajstić information content (AvgIpc) is 3.11. The van der Waals surface area contributed by atoms with Crippen LogP contribution in [0.4, 0.5) is 10.1 Å². The van der Waals surface area contributed by atoms with Gasteiger partial charge in [0, 0.05) is 30.1 Å². The highest BCUT2D eigenvalue weighted by Crippen LogP contribution is 2.33. The number of fused-ring (bicyclic) bond motifs is 1. The molecular weight excluding hydrogens is 331 g/mol. The van der Waals surface area contributed by atoms with Gasteiger partial charge in [0.1, 0.15) is 5.82 Å². The van der Waals surface area contributed by atoms with Crippen molar-refractivity contribution >= 4 is 11.6 Å². The van der Waals surface area contributed by atoms with Crippen LogP contribution >= 0.6 is 0 Å². The lowest BCUT2D eigenvalue weighted by atomic mass is 9.97. The Bertz CT molecular complexity index is 928. The number of rotatable bonds is 4. The lowest BCUT2D eigenvalue weighted by molar-refractivity contribution is 0.0951. The lowest BCUT2D eigenvalue weighted by Crippen LogP contribution is -2.23. The van der Waals surface area contributed by atoms with Crippen molar-refractivity contribution in [3.8, 4) is 0 Å². The van der Waals surface area contributed by atoms with E-state index in [1.54, 1.807) is 30.6 Å². The third-order valence-corrected chi connectivity index (χ3v) is 4.36. The van der Waals surface area contributed by atoms with Gasteiger partial charge in [-0.25, -0.2) is 9.82 Å². The molecule has 3 aromatic rings. The van der Waals surface area contributed by atoms with Crippen molar-refractivity contribution in [1.29, 1.82) is 0 Å². The number of hydrogen-bond donors (Lipinski definition) is 3. The number of halogens is 1. The Balaban J connectivity index is 1.53. The third-order valence-electron chi connectivity index (χ3n) is 4.36. The highest BCUT2D eigenvalue weighted by molar-refractivity contribution is 5.95. The smallest absolute Gasteiger partial charge is 0.251 e. The Hall–Kier alpha value is -3.25. The molecule has 0 fully saturated rings. The van der Waals surface area contributed by atoms with Gasteiger partial charge in [0.05, 0.1) is 11.7 Å². The minimum Gasteiger partial charge on any atom is -0.348 e. The Kier molecular flexibility index (Phi) is 4.33. The number of pyridine rings is 1. The van der Waals surface area contributed by atoms with Crippen LogP contribution in [-0.2, 0) is 6.54 Å². The first kappa shape index (κ1) is 16.2. The van der Waals surface area contributed by atoms with E-state index in [2.05, 4.69) is 21.2 Å². The molecule has 2 heterocycles. The van der Waals surface area contributed by atoms with Gasteiger partial charge in [0.15, 0.2) is 0 Å². The van der Waals surface area contributed by atoms with E-state index in [9.17, 15) is 9.18 Å². The number of aromatic nitrogens is 1. The number of carbonyl (C=O) groups is 1. The van der Waals surface area contributed by atoms with Crippen LogP contribution in [0.15, 0.2) is 67.0 Å². The van der Waals surface area contributed by atoms with Gasteiger partial charge in [-0.3, -0.25) is 9.78 Å². The summed E-state index contributed by atoms with van der Waals surface area (Å²) in [6.45, 7) is 0.418. The molecular formula is C20H17FN4O. The Morgan fingerprint density at radius 1 is 1.15 bits per heavy atom. The van der Waals surface area contributed by atoms with Crippen LogP contribution in [-0.4, -0.2) is 10.9 Å². The minimum absolute atomic E-state index is 0.142. The highest BCUT2D eigenvalue weighted by atomic mass is 19.1. The molecule has 0 aliphatic carbocycles. The van der Waals surface area contributed by atoms with Gasteiger partial charge in [-0.1, -0.05) is 18.2 Å². The summed E-state index contributed by atoms with van der Waals surface area (Å²) in [6.07, 6.45) is 3.42. The SMILES string of the molecule is O=C(NCc1cccnc1)c1ccc2c(c1)C(c1ccc(F)cc1)NN2. The van der Waals surface area contributed by atoms with Crippen LogP contribution in [0.25, 0.3) is 0 Å². The van der Waals surface area contributed by atoms with Crippen LogP contribution < -0.4 is 16.2 Å². The first-order valence-corrected chi connectivity index (χ1v) is 8.29. The van der Waals surface area contributed by atoms with E-state index < -0.39 is 0 Å². The van der Waals surface area contributed by atoms with E-state index >= 15 is 0 Å². The molecule has 2 aromatic carbocycles. The Morgan fingerprint density at radius 3 is 2.77 bits per heavy atom. The van der Waals surface area contributed by atoms with E-state index in [1.165, 1.54) is 12.1 Å². The summed E-state index contributed by atoms with van der Waals surface area (Å²) in [4.78, 5) is 16.5. The first-order valence-electron chi connectivity index (χ1n) is 8.29. The molecule has 4 rings (SSSR count). The second-order valence-corrected chi connectivity index (χ2v) is 6.10. The minimum atomic E-state index is -0.275. The number of benzene rings is 2. The maximum atomic E-state index is 13.2. The van der Waals surface area contributed by atoms with E-state index in [4.69, 9.17) is 0 Å². The molecule has 0 bridgehead atoms. The number of hydrogen-bond acceptors (Lipinski definition) is 4. The quantitative estimate of drug-likeness (QED) is 0.678. The molecule has 5 nitrogen and oxygen atoms in total. The predicted octanol–water partition coefficient (Wildman–Crippen LogP) is 3.17. The van der Waals surface area contributed by atoms with Crippen LogP contribution in [0.2, 0.25) is 0 Å². The fourth-order valence-corrected chi connectivity index (χ4v) is 2.99. The molecule has 0 radical (unpaired) electrons. The number of nitrogens with one attached hydrogen (secondary N) is 3. The molecule has 1 atom stereocenters. The largest absolute Gasteiger partial charge is 0.348 e. The zero-order valence-corrected chi connectivity index (χ0v) is 13.9. The molecule has 0 saturated carbocycles. The number of carbonyl (C=O) groups excluding carboxylic acids is 1. The van der Waals surface area contributed by atoms with Crippen LogP contribution in [0.3, 0.4) is 0 Å². The standard InChI is InChI=1S/C20H17FN4O/c21-16-6-3-14(4-7-16)19-17-10-15(5-8-18(17)24-25-19)20(26)23-12-13-2-1-9-22-11-13/h1-11,19,24-25H,12H2,(H,23,26). The molecule has 1 aromatic heterocycles. The predicted molar refractivity (Wildman–Crippen MR) is 96.9 cm³/mol. The zero-order chi connectivity index (χ0) is 17.9. The maximum Gasteiger partial charge on any atom is 0.251 e. The van der Waals surface area contributed by atoms with E-state index in [0.29, 0.717) is 12.1 Å². The van der Waals surface area contributed by atoms with Gasteiger partial charge >= 0.3 is 0 Å². The van der Waals surface area contributed by atoms with Crippen molar-refractivity contribution in [2.24, 2.45) is 0 Å². The van der Waals surface area contributed by atoms with E-state index in [0.717, 1.165) is 22.4 Å². The van der Waals surface area contributed by atoms with Crippen LogP contribution in [0.5, 0.6) is 0 Å². The number of nitrogens with zero attached hydrogens (tertiary/aromatic N) is 1. The fraction of sp³-hybridized carbons (Fsp3) is 0.100. The molecule has 130 valence electrons. The molecule has 0 saturated heterocycles. The van der Waals surface area contributed by atoms with Crippen molar-refractivity contribution in [2.75, 3.05) is 5.43 Å². The van der Waals surface area contributed by atoms with Crippen molar-refractivity contribution in [3.63, 3.8) is 0 Å². The summed E-state index contributed by atoms with van der Waals surface area (Å²) in [5, 5.41) is 2.90. The van der Waals surface area contributed by atoms with Gasteiger partial charge in [-0.2, -0.15) is 0 Å². The van der Waals surface area contributed by atoms with Crippen molar-refractivity contribution in [3.05, 3.63) is 95.1 Å². The summed E-state index contributed by atoms with van der Waals surface area (Å²) in [6, 6.07) is 15.4. The second kappa shape index (κ2) is 6.93. The summed E-state index contributed by atoms with van der Waals surface area (Å²) >= 11 is 0. The normalized spacial score (nSPS) is 15.2. The monoisotopic (exact) mass is 348 g/mol. The summed E-state index contributed by atoms with van der Waals surface area (Å²) < 4.78 is 13.2. The van der Waals surface area contributed by atoms with E-state index in [1.807, 2.05) is 24.3 Å².